The topological polar surface area (TPSA) is 68.4 Å². The lowest BCUT2D eigenvalue weighted by Gasteiger charge is -2.03. The monoisotopic (exact) mass is 227 g/mol. The molecule has 2 heterocycles. The van der Waals surface area contributed by atoms with Gasteiger partial charge in [0.05, 0.1) is 16.1 Å². The average Bonchev–Trinajstić information content (AvgIpc) is 2.69. The third kappa shape index (κ3) is 1.47. The summed E-state index contributed by atoms with van der Waals surface area (Å²) in [4.78, 5) is 18.8. The van der Waals surface area contributed by atoms with Gasteiger partial charge in [-0.3, -0.25) is 15.1 Å². The number of hydrogen-bond acceptors (Lipinski definition) is 4. The number of aliphatic imine (C=N–C) groups is 1. The van der Waals surface area contributed by atoms with Crippen LogP contribution in [0.3, 0.4) is 0 Å². The zero-order valence-electron chi connectivity index (χ0n) is 9.17. The standard InChI is InChI=1S/C12H9N3O2/c1-7-4-9-10-5-8(15(16)17)6-13-11(10)2-3-12(9)14-7/h2-3,5-6H,4H2,1H3. The van der Waals surface area contributed by atoms with E-state index in [9.17, 15) is 10.1 Å². The first-order valence-electron chi connectivity index (χ1n) is 5.25. The van der Waals surface area contributed by atoms with E-state index in [1.165, 1.54) is 6.20 Å². The maximum Gasteiger partial charge on any atom is 0.288 e. The fraction of sp³-hybridized carbons (Fsp3) is 0.167. The Morgan fingerprint density at radius 3 is 3.00 bits per heavy atom. The van der Waals surface area contributed by atoms with Crippen LogP contribution in [0.1, 0.15) is 12.5 Å². The summed E-state index contributed by atoms with van der Waals surface area (Å²) in [6, 6.07) is 5.34. The molecule has 0 saturated heterocycles. The lowest BCUT2D eigenvalue weighted by atomic mass is 10.0. The van der Waals surface area contributed by atoms with Crippen molar-refractivity contribution in [3.05, 3.63) is 40.1 Å². The van der Waals surface area contributed by atoms with Crippen molar-refractivity contribution in [2.75, 3.05) is 0 Å². The molecule has 0 amide bonds. The molecule has 0 atom stereocenters. The van der Waals surface area contributed by atoms with Crippen LogP contribution in [0.25, 0.3) is 10.9 Å². The molecular formula is C12H9N3O2. The molecule has 5 nitrogen and oxygen atoms in total. The van der Waals surface area contributed by atoms with E-state index in [-0.39, 0.29) is 5.69 Å². The highest BCUT2D eigenvalue weighted by Gasteiger charge is 2.17. The zero-order valence-corrected chi connectivity index (χ0v) is 9.17. The summed E-state index contributed by atoms with van der Waals surface area (Å²) in [6.45, 7) is 1.95. The zero-order chi connectivity index (χ0) is 12.0. The number of fused-ring (bicyclic) bond motifs is 3. The van der Waals surface area contributed by atoms with Gasteiger partial charge in [-0.25, -0.2) is 4.98 Å². The number of aromatic nitrogens is 1. The first kappa shape index (κ1) is 9.89. The highest BCUT2D eigenvalue weighted by Crippen LogP contribution is 2.33. The van der Waals surface area contributed by atoms with Crippen LogP contribution in [0.15, 0.2) is 29.4 Å². The van der Waals surface area contributed by atoms with Crippen LogP contribution in [0, 0.1) is 10.1 Å². The van der Waals surface area contributed by atoms with Crippen LogP contribution in [0.2, 0.25) is 0 Å². The van der Waals surface area contributed by atoms with Gasteiger partial charge in [0.1, 0.15) is 6.20 Å². The molecule has 0 fully saturated rings. The van der Waals surface area contributed by atoms with Crippen LogP contribution in [-0.4, -0.2) is 15.6 Å². The van der Waals surface area contributed by atoms with E-state index >= 15 is 0 Å². The van der Waals surface area contributed by atoms with Crippen molar-refractivity contribution in [1.29, 1.82) is 0 Å². The minimum Gasteiger partial charge on any atom is -0.258 e. The lowest BCUT2D eigenvalue weighted by Crippen LogP contribution is -1.93. The van der Waals surface area contributed by atoms with Crippen LogP contribution in [-0.2, 0) is 6.42 Å². The molecule has 0 radical (unpaired) electrons. The molecule has 0 N–H and O–H groups in total. The molecule has 84 valence electrons. The second-order valence-electron chi connectivity index (χ2n) is 4.10. The Bertz CT molecular complexity index is 677. The fourth-order valence-electron chi connectivity index (χ4n) is 2.13. The van der Waals surface area contributed by atoms with Crippen molar-refractivity contribution < 1.29 is 4.92 Å². The summed E-state index contributed by atoms with van der Waals surface area (Å²) in [5, 5.41) is 11.6. The maximum atomic E-state index is 10.7. The third-order valence-electron chi connectivity index (χ3n) is 2.89. The molecule has 0 unspecified atom stereocenters. The molecule has 1 aliphatic rings. The van der Waals surface area contributed by atoms with Gasteiger partial charge in [-0.1, -0.05) is 0 Å². The summed E-state index contributed by atoms with van der Waals surface area (Å²) in [5.41, 5.74) is 3.77. The molecular weight excluding hydrogens is 218 g/mol. The maximum absolute atomic E-state index is 10.7. The number of benzene rings is 1. The first-order chi connectivity index (χ1) is 8.15. The second kappa shape index (κ2) is 3.35. The highest BCUT2D eigenvalue weighted by molar-refractivity contribution is 6.00. The molecule has 0 spiro atoms. The molecule has 17 heavy (non-hydrogen) atoms. The Hall–Kier alpha value is -2.30. The summed E-state index contributed by atoms with van der Waals surface area (Å²) < 4.78 is 0. The molecule has 1 aromatic carbocycles. The van der Waals surface area contributed by atoms with E-state index in [0.29, 0.717) is 0 Å². The van der Waals surface area contributed by atoms with E-state index in [4.69, 9.17) is 0 Å². The number of rotatable bonds is 1. The van der Waals surface area contributed by atoms with Gasteiger partial charge < -0.3 is 0 Å². The van der Waals surface area contributed by atoms with Gasteiger partial charge >= 0.3 is 0 Å². The van der Waals surface area contributed by atoms with Crippen molar-refractivity contribution in [3.63, 3.8) is 0 Å². The van der Waals surface area contributed by atoms with Crippen molar-refractivity contribution in [3.8, 4) is 0 Å². The minimum absolute atomic E-state index is 0.0236. The quantitative estimate of drug-likeness (QED) is 0.555. The van der Waals surface area contributed by atoms with Gasteiger partial charge in [0.25, 0.3) is 5.69 Å². The third-order valence-corrected chi connectivity index (χ3v) is 2.89. The number of nitrogens with zero attached hydrogens (tertiary/aromatic N) is 3. The van der Waals surface area contributed by atoms with E-state index in [2.05, 4.69) is 9.98 Å². The largest absolute Gasteiger partial charge is 0.288 e. The molecule has 0 bridgehead atoms. The number of pyridine rings is 1. The Morgan fingerprint density at radius 2 is 2.24 bits per heavy atom. The summed E-state index contributed by atoms with van der Waals surface area (Å²) >= 11 is 0. The predicted molar refractivity (Wildman–Crippen MR) is 64.9 cm³/mol. The Labute approximate surface area is 97.0 Å². The van der Waals surface area contributed by atoms with Gasteiger partial charge in [-0.2, -0.15) is 0 Å². The van der Waals surface area contributed by atoms with Gasteiger partial charge in [0.15, 0.2) is 0 Å². The molecule has 2 aromatic rings. The predicted octanol–water partition coefficient (Wildman–Crippen LogP) is 2.79. The van der Waals surface area contributed by atoms with Crippen LogP contribution < -0.4 is 0 Å². The normalized spacial score (nSPS) is 13.6. The average molecular weight is 227 g/mol. The van der Waals surface area contributed by atoms with E-state index in [0.717, 1.165) is 34.3 Å². The molecule has 3 rings (SSSR count). The van der Waals surface area contributed by atoms with Gasteiger partial charge in [0.2, 0.25) is 0 Å². The van der Waals surface area contributed by atoms with E-state index < -0.39 is 4.92 Å². The second-order valence-corrected chi connectivity index (χ2v) is 4.10. The summed E-state index contributed by atoms with van der Waals surface area (Å²) in [6.07, 6.45) is 2.03. The van der Waals surface area contributed by atoms with Crippen LogP contribution in [0.4, 0.5) is 11.4 Å². The van der Waals surface area contributed by atoms with Crippen molar-refractivity contribution in [2.45, 2.75) is 13.3 Å². The van der Waals surface area contributed by atoms with Crippen molar-refractivity contribution in [2.24, 2.45) is 4.99 Å². The Kier molecular flexibility index (Phi) is 1.95. The number of nitro groups is 1. The van der Waals surface area contributed by atoms with Crippen LogP contribution in [0.5, 0.6) is 0 Å². The molecule has 1 aromatic heterocycles. The molecule has 0 saturated carbocycles. The molecule has 1 aliphatic heterocycles. The van der Waals surface area contributed by atoms with Crippen molar-refractivity contribution >= 4 is 28.0 Å². The first-order valence-corrected chi connectivity index (χ1v) is 5.25. The summed E-state index contributed by atoms with van der Waals surface area (Å²) in [5.74, 6) is 0. The van der Waals surface area contributed by atoms with Gasteiger partial charge in [-0.05, 0) is 24.6 Å². The smallest absolute Gasteiger partial charge is 0.258 e. The SMILES string of the molecule is CC1=Nc2ccc3ncc([N+](=O)[O-])cc3c2C1. The highest BCUT2D eigenvalue weighted by atomic mass is 16.6. The van der Waals surface area contributed by atoms with E-state index in [1.807, 2.05) is 19.1 Å². The fourth-order valence-corrected chi connectivity index (χ4v) is 2.13. The van der Waals surface area contributed by atoms with E-state index in [1.54, 1.807) is 6.07 Å². The Balaban J connectivity index is 2.30. The molecule has 5 heteroatoms. The van der Waals surface area contributed by atoms with Crippen molar-refractivity contribution in [1.82, 2.24) is 4.98 Å². The number of hydrogen-bond donors (Lipinski definition) is 0. The Morgan fingerprint density at radius 1 is 1.41 bits per heavy atom. The van der Waals surface area contributed by atoms with Gasteiger partial charge in [0, 0.05) is 23.6 Å². The minimum atomic E-state index is -0.422. The summed E-state index contributed by atoms with van der Waals surface area (Å²) in [7, 11) is 0. The lowest BCUT2D eigenvalue weighted by molar-refractivity contribution is -0.385. The van der Waals surface area contributed by atoms with Gasteiger partial charge in [-0.15, -0.1) is 0 Å². The van der Waals surface area contributed by atoms with Crippen LogP contribution >= 0.6 is 0 Å². The molecule has 0 aliphatic carbocycles.